The van der Waals surface area contributed by atoms with Gasteiger partial charge in [0.05, 0.1) is 16.9 Å². The summed E-state index contributed by atoms with van der Waals surface area (Å²) in [7, 11) is 0. The second-order valence-corrected chi connectivity index (χ2v) is 6.17. The molecule has 0 aliphatic carbocycles. The minimum atomic E-state index is 0.653. The zero-order valence-electron chi connectivity index (χ0n) is 14.4. The maximum atomic E-state index is 6.12. The number of pyridine rings is 2. The van der Waals surface area contributed by atoms with E-state index in [0.29, 0.717) is 5.69 Å². The molecular formula is C22H20N4. The maximum Gasteiger partial charge on any atom is 0.149 e. The van der Waals surface area contributed by atoms with E-state index in [4.69, 9.17) is 10.7 Å². The fourth-order valence-electron chi connectivity index (χ4n) is 3.06. The first-order chi connectivity index (χ1) is 12.8. The SMILES string of the molecule is Nc1ccc(-c2cccc3ncccc23)nc1NCCc1ccccc1. The van der Waals surface area contributed by atoms with Crippen LogP contribution in [0.3, 0.4) is 0 Å². The summed E-state index contributed by atoms with van der Waals surface area (Å²) >= 11 is 0. The van der Waals surface area contributed by atoms with Crippen molar-refractivity contribution in [2.75, 3.05) is 17.6 Å². The highest BCUT2D eigenvalue weighted by atomic mass is 15.0. The Morgan fingerprint density at radius 2 is 1.73 bits per heavy atom. The molecule has 4 aromatic rings. The number of nitrogen functional groups attached to an aromatic ring is 1. The Labute approximate surface area is 152 Å². The Balaban J connectivity index is 1.59. The Morgan fingerprint density at radius 1 is 0.846 bits per heavy atom. The molecule has 0 fully saturated rings. The molecule has 128 valence electrons. The van der Waals surface area contributed by atoms with Crippen LogP contribution in [0.15, 0.2) is 79.0 Å². The predicted octanol–water partition coefficient (Wildman–Crippen LogP) is 4.53. The Hall–Kier alpha value is -3.40. The van der Waals surface area contributed by atoms with Crippen molar-refractivity contribution in [3.8, 4) is 11.3 Å². The molecule has 0 aliphatic rings. The molecule has 26 heavy (non-hydrogen) atoms. The van der Waals surface area contributed by atoms with Gasteiger partial charge in [-0.2, -0.15) is 0 Å². The van der Waals surface area contributed by atoms with E-state index in [0.717, 1.165) is 40.9 Å². The molecular weight excluding hydrogens is 320 g/mol. The number of nitrogens with zero attached hydrogens (tertiary/aromatic N) is 2. The molecule has 0 saturated heterocycles. The Bertz CT molecular complexity index is 1020. The summed E-state index contributed by atoms with van der Waals surface area (Å²) < 4.78 is 0. The molecule has 0 bridgehead atoms. The van der Waals surface area contributed by atoms with Crippen LogP contribution in [0.1, 0.15) is 5.56 Å². The van der Waals surface area contributed by atoms with Gasteiger partial charge in [0.2, 0.25) is 0 Å². The number of anilines is 2. The van der Waals surface area contributed by atoms with Gasteiger partial charge in [-0.3, -0.25) is 4.98 Å². The van der Waals surface area contributed by atoms with Crippen molar-refractivity contribution in [1.29, 1.82) is 0 Å². The topological polar surface area (TPSA) is 63.8 Å². The highest BCUT2D eigenvalue weighted by Crippen LogP contribution is 2.28. The van der Waals surface area contributed by atoms with E-state index >= 15 is 0 Å². The van der Waals surface area contributed by atoms with E-state index in [1.807, 2.05) is 36.4 Å². The molecule has 0 aliphatic heterocycles. The van der Waals surface area contributed by atoms with Crippen molar-refractivity contribution in [3.05, 3.63) is 84.6 Å². The van der Waals surface area contributed by atoms with E-state index in [9.17, 15) is 0 Å². The van der Waals surface area contributed by atoms with E-state index in [2.05, 4.69) is 46.7 Å². The van der Waals surface area contributed by atoms with Crippen LogP contribution in [0.2, 0.25) is 0 Å². The minimum Gasteiger partial charge on any atom is -0.396 e. The number of fused-ring (bicyclic) bond motifs is 1. The molecule has 0 saturated carbocycles. The van der Waals surface area contributed by atoms with Gasteiger partial charge in [0.25, 0.3) is 0 Å². The Morgan fingerprint density at radius 3 is 2.62 bits per heavy atom. The fourth-order valence-corrected chi connectivity index (χ4v) is 3.06. The van der Waals surface area contributed by atoms with Crippen LogP contribution in [-0.2, 0) is 6.42 Å². The lowest BCUT2D eigenvalue weighted by atomic mass is 10.0. The second kappa shape index (κ2) is 7.23. The predicted molar refractivity (Wildman–Crippen MR) is 108 cm³/mol. The van der Waals surface area contributed by atoms with E-state index in [-0.39, 0.29) is 0 Å². The number of nitrogens with one attached hydrogen (secondary N) is 1. The average Bonchev–Trinajstić information content (AvgIpc) is 2.70. The summed E-state index contributed by atoms with van der Waals surface area (Å²) in [6.45, 7) is 0.780. The molecule has 2 aromatic heterocycles. The number of aromatic nitrogens is 2. The van der Waals surface area contributed by atoms with Crippen molar-refractivity contribution in [2.24, 2.45) is 0 Å². The van der Waals surface area contributed by atoms with Gasteiger partial charge in [0, 0.05) is 23.7 Å². The van der Waals surface area contributed by atoms with Gasteiger partial charge < -0.3 is 11.1 Å². The van der Waals surface area contributed by atoms with Gasteiger partial charge in [0.1, 0.15) is 5.82 Å². The molecule has 2 aromatic carbocycles. The third-order valence-corrected chi connectivity index (χ3v) is 4.40. The van der Waals surface area contributed by atoms with Crippen LogP contribution in [0.5, 0.6) is 0 Å². The zero-order valence-corrected chi connectivity index (χ0v) is 14.4. The second-order valence-electron chi connectivity index (χ2n) is 6.17. The first-order valence-corrected chi connectivity index (χ1v) is 8.70. The maximum absolute atomic E-state index is 6.12. The number of hydrogen-bond acceptors (Lipinski definition) is 4. The van der Waals surface area contributed by atoms with Gasteiger partial charge in [0.15, 0.2) is 0 Å². The van der Waals surface area contributed by atoms with Gasteiger partial charge in [-0.1, -0.05) is 48.5 Å². The highest BCUT2D eigenvalue weighted by molar-refractivity contribution is 5.94. The van der Waals surface area contributed by atoms with Gasteiger partial charge in [-0.25, -0.2) is 4.98 Å². The number of rotatable bonds is 5. The molecule has 0 atom stereocenters. The number of nitrogens with two attached hydrogens (primary N) is 1. The van der Waals surface area contributed by atoms with Crippen LogP contribution < -0.4 is 11.1 Å². The monoisotopic (exact) mass is 340 g/mol. The molecule has 0 spiro atoms. The standard InChI is InChI=1S/C22H20N4/c23-19-11-12-21(18-8-4-10-20-17(18)9-5-14-24-20)26-22(19)25-15-13-16-6-2-1-3-7-16/h1-12,14H,13,15,23H2,(H,25,26). The fraction of sp³-hybridized carbons (Fsp3) is 0.0909. The molecule has 4 rings (SSSR count). The first kappa shape index (κ1) is 16.1. The lowest BCUT2D eigenvalue weighted by Gasteiger charge is -2.12. The van der Waals surface area contributed by atoms with Crippen molar-refractivity contribution >= 4 is 22.4 Å². The number of hydrogen-bond donors (Lipinski definition) is 2. The first-order valence-electron chi connectivity index (χ1n) is 8.70. The molecule has 4 heteroatoms. The van der Waals surface area contributed by atoms with E-state index in [1.165, 1.54) is 5.56 Å². The molecule has 3 N–H and O–H groups in total. The molecule has 2 heterocycles. The third-order valence-electron chi connectivity index (χ3n) is 4.40. The summed E-state index contributed by atoms with van der Waals surface area (Å²) in [5, 5.41) is 4.45. The highest BCUT2D eigenvalue weighted by Gasteiger charge is 2.08. The quantitative estimate of drug-likeness (QED) is 0.560. The van der Waals surface area contributed by atoms with Crippen molar-refractivity contribution in [1.82, 2.24) is 9.97 Å². The largest absolute Gasteiger partial charge is 0.396 e. The van der Waals surface area contributed by atoms with Gasteiger partial charge in [-0.15, -0.1) is 0 Å². The van der Waals surface area contributed by atoms with Gasteiger partial charge in [-0.05, 0) is 36.2 Å². The van der Waals surface area contributed by atoms with Crippen LogP contribution in [0.4, 0.5) is 11.5 Å². The molecule has 0 radical (unpaired) electrons. The normalized spacial score (nSPS) is 10.8. The van der Waals surface area contributed by atoms with Crippen molar-refractivity contribution in [2.45, 2.75) is 6.42 Å². The number of benzene rings is 2. The van der Waals surface area contributed by atoms with Crippen molar-refractivity contribution in [3.63, 3.8) is 0 Å². The Kier molecular flexibility index (Phi) is 4.48. The summed E-state index contributed by atoms with van der Waals surface area (Å²) in [5.41, 5.74) is 11.0. The summed E-state index contributed by atoms with van der Waals surface area (Å²) in [6, 6.07) is 24.3. The minimum absolute atomic E-state index is 0.653. The third kappa shape index (κ3) is 3.35. The zero-order chi connectivity index (χ0) is 17.8. The lowest BCUT2D eigenvalue weighted by Crippen LogP contribution is -2.09. The van der Waals surface area contributed by atoms with Crippen LogP contribution in [-0.4, -0.2) is 16.5 Å². The van der Waals surface area contributed by atoms with E-state index in [1.54, 1.807) is 6.20 Å². The summed E-state index contributed by atoms with van der Waals surface area (Å²) in [6.07, 6.45) is 2.73. The van der Waals surface area contributed by atoms with Crippen LogP contribution in [0.25, 0.3) is 22.2 Å². The molecule has 0 unspecified atom stereocenters. The molecule has 0 amide bonds. The summed E-state index contributed by atoms with van der Waals surface area (Å²) in [5.74, 6) is 0.722. The van der Waals surface area contributed by atoms with E-state index < -0.39 is 0 Å². The average molecular weight is 340 g/mol. The van der Waals surface area contributed by atoms with Crippen LogP contribution in [0, 0.1) is 0 Å². The molecule has 4 nitrogen and oxygen atoms in total. The smallest absolute Gasteiger partial charge is 0.149 e. The van der Waals surface area contributed by atoms with Gasteiger partial charge >= 0.3 is 0 Å². The lowest BCUT2D eigenvalue weighted by molar-refractivity contribution is 1.01. The summed E-state index contributed by atoms with van der Waals surface area (Å²) in [4.78, 5) is 9.18. The van der Waals surface area contributed by atoms with Crippen LogP contribution >= 0.6 is 0 Å². The van der Waals surface area contributed by atoms with Crippen molar-refractivity contribution < 1.29 is 0 Å².